The summed E-state index contributed by atoms with van der Waals surface area (Å²) in [5, 5.41) is 0. The van der Waals surface area contributed by atoms with E-state index in [9.17, 15) is 0 Å². The molecule has 68 heavy (non-hydrogen) atoms. The summed E-state index contributed by atoms with van der Waals surface area (Å²) in [4.78, 5) is 5.17. The minimum absolute atomic E-state index is 1.31. The molecule has 0 saturated carbocycles. The van der Waals surface area contributed by atoms with E-state index in [-0.39, 0.29) is 0 Å². The molecule has 0 atom stereocenters. The fourth-order valence-corrected chi connectivity index (χ4v) is 10.5. The molecule has 0 radical (unpaired) electrons. The highest BCUT2D eigenvalue weighted by molar-refractivity contribution is 4.58. The Kier molecular flexibility index (Phi) is 68.9. The fourth-order valence-electron chi connectivity index (χ4n) is 10.5. The zero-order valence-electron chi connectivity index (χ0n) is 49.3. The quantitative estimate of drug-likeness (QED) is 0.0561. The van der Waals surface area contributed by atoms with Gasteiger partial charge in [0.15, 0.2) is 0 Å². The minimum atomic E-state index is 1.31. The molecule has 0 amide bonds. The van der Waals surface area contributed by atoms with Gasteiger partial charge in [0.1, 0.15) is 0 Å². The lowest BCUT2D eigenvalue weighted by Gasteiger charge is -2.16. The van der Waals surface area contributed by atoms with Gasteiger partial charge in [0.25, 0.3) is 0 Å². The molecule has 0 heterocycles. The standard InChI is InChI=1S/C37H77N.C29H61N/c1-4-6-8-10-12-14-16-18-20-22-24-26-28-30-32-34-36-38(3)37-35-33-31-29-27-25-23-21-19-17-15-13-11-9-7-5-2;1-4-6-8-10-12-14-16-18-20-22-24-26-28-30(3)29-27-25-23-21-19-17-15-13-11-9-7-5-2/h4-37H2,1-3H3;4-29H2,1-3H3. The first kappa shape index (κ1) is 70.0. The minimum Gasteiger partial charge on any atom is -0.306 e. The molecule has 0 aromatic rings. The van der Waals surface area contributed by atoms with E-state index < -0.39 is 0 Å². The van der Waals surface area contributed by atoms with Crippen molar-refractivity contribution in [3.8, 4) is 0 Å². The zero-order valence-corrected chi connectivity index (χ0v) is 49.3. The summed E-state index contributed by atoms with van der Waals surface area (Å²) in [7, 11) is 4.67. The molecule has 2 heteroatoms. The first-order valence-electron chi connectivity index (χ1n) is 33.0. The van der Waals surface area contributed by atoms with Crippen LogP contribution in [-0.4, -0.2) is 50.1 Å². The molecule has 0 aliphatic carbocycles. The molecule has 0 rings (SSSR count). The van der Waals surface area contributed by atoms with E-state index in [4.69, 9.17) is 0 Å². The Morgan fingerprint density at radius 3 is 0.324 bits per heavy atom. The van der Waals surface area contributed by atoms with Crippen LogP contribution in [0.4, 0.5) is 0 Å². The number of hydrogen-bond acceptors (Lipinski definition) is 2. The molecule has 0 fully saturated rings. The zero-order chi connectivity index (χ0) is 49.6. The van der Waals surface area contributed by atoms with Gasteiger partial charge in [-0.2, -0.15) is 0 Å². The molecular weight excluding hydrogens is 821 g/mol. The van der Waals surface area contributed by atoms with E-state index >= 15 is 0 Å². The molecule has 0 saturated heterocycles. The number of unbranched alkanes of at least 4 members (excludes halogenated alkanes) is 52. The Hall–Kier alpha value is -0.0800. The van der Waals surface area contributed by atoms with E-state index in [1.807, 2.05) is 0 Å². The van der Waals surface area contributed by atoms with Crippen molar-refractivity contribution in [2.45, 2.75) is 387 Å². The Balaban J connectivity index is 0. The van der Waals surface area contributed by atoms with Crippen LogP contribution in [0.5, 0.6) is 0 Å². The molecule has 0 bridgehead atoms. The molecule has 412 valence electrons. The van der Waals surface area contributed by atoms with Crippen LogP contribution in [0.25, 0.3) is 0 Å². The van der Waals surface area contributed by atoms with E-state index in [2.05, 4.69) is 51.6 Å². The van der Waals surface area contributed by atoms with Crippen LogP contribution in [0.15, 0.2) is 0 Å². The lowest BCUT2D eigenvalue weighted by molar-refractivity contribution is 0.314. The fraction of sp³-hybridized carbons (Fsp3) is 1.00. The topological polar surface area (TPSA) is 6.48 Å². The SMILES string of the molecule is CCCCCCCCCCCCCCCCCCN(C)CCCCCCCCCCCCCCCCCC.CCCCCCCCCCCCCCN(C)CCCCCCCCCCCCCC. The third-order valence-corrected chi connectivity index (χ3v) is 15.6. The first-order chi connectivity index (χ1) is 33.6. The molecular formula is C66H138N2. The van der Waals surface area contributed by atoms with Gasteiger partial charge >= 0.3 is 0 Å². The third kappa shape index (κ3) is 68.0. The highest BCUT2D eigenvalue weighted by Crippen LogP contribution is 2.17. The molecule has 0 N–H and O–H groups in total. The van der Waals surface area contributed by atoms with Crippen LogP contribution >= 0.6 is 0 Å². The Morgan fingerprint density at radius 1 is 0.132 bits per heavy atom. The van der Waals surface area contributed by atoms with Crippen molar-refractivity contribution in [2.75, 3.05) is 40.3 Å². The summed E-state index contributed by atoms with van der Waals surface area (Å²) in [6, 6.07) is 0. The molecule has 0 aliphatic rings. The predicted octanol–water partition coefficient (Wildman–Crippen LogP) is 23.8. The monoisotopic (exact) mass is 959 g/mol. The van der Waals surface area contributed by atoms with Crippen molar-refractivity contribution >= 4 is 0 Å². The molecule has 0 unspecified atom stereocenters. The van der Waals surface area contributed by atoms with Crippen LogP contribution in [0.3, 0.4) is 0 Å². The second kappa shape index (κ2) is 66.9. The summed E-state index contributed by atoms with van der Waals surface area (Å²) in [5.74, 6) is 0. The summed E-state index contributed by atoms with van der Waals surface area (Å²) in [5.41, 5.74) is 0. The maximum Gasteiger partial charge on any atom is -0.00218 e. The van der Waals surface area contributed by atoms with E-state index in [0.717, 1.165) is 0 Å². The van der Waals surface area contributed by atoms with Gasteiger partial charge in [0.05, 0.1) is 0 Å². The van der Waals surface area contributed by atoms with E-state index in [1.165, 1.54) is 386 Å². The second-order valence-electron chi connectivity index (χ2n) is 23.0. The van der Waals surface area contributed by atoms with Gasteiger partial charge in [-0.05, 0) is 66.0 Å². The summed E-state index contributed by atoms with van der Waals surface area (Å²) >= 11 is 0. The normalized spacial score (nSPS) is 11.6. The predicted molar refractivity (Wildman–Crippen MR) is 316 cm³/mol. The summed E-state index contributed by atoms with van der Waals surface area (Å²) < 4.78 is 0. The molecule has 0 aliphatic heterocycles. The first-order valence-corrected chi connectivity index (χ1v) is 33.0. The van der Waals surface area contributed by atoms with Crippen molar-refractivity contribution in [3.05, 3.63) is 0 Å². The molecule has 0 aromatic heterocycles. The maximum absolute atomic E-state index is 2.59. The van der Waals surface area contributed by atoms with Crippen molar-refractivity contribution in [2.24, 2.45) is 0 Å². The van der Waals surface area contributed by atoms with Crippen LogP contribution in [0.1, 0.15) is 387 Å². The Labute approximate surface area is 435 Å². The van der Waals surface area contributed by atoms with E-state index in [1.54, 1.807) is 0 Å². The van der Waals surface area contributed by atoms with Gasteiger partial charge in [-0.1, -0.05) is 362 Å². The van der Waals surface area contributed by atoms with Crippen LogP contribution < -0.4 is 0 Å². The van der Waals surface area contributed by atoms with Crippen molar-refractivity contribution in [1.29, 1.82) is 0 Å². The summed E-state index contributed by atoms with van der Waals surface area (Å²) in [6.07, 6.45) is 81.7. The van der Waals surface area contributed by atoms with Crippen molar-refractivity contribution < 1.29 is 0 Å². The van der Waals surface area contributed by atoms with Crippen LogP contribution in [0.2, 0.25) is 0 Å². The highest BCUT2D eigenvalue weighted by Gasteiger charge is 2.02. The lowest BCUT2D eigenvalue weighted by Crippen LogP contribution is -2.20. The molecule has 0 spiro atoms. The van der Waals surface area contributed by atoms with Gasteiger partial charge in [0, 0.05) is 0 Å². The number of nitrogens with zero attached hydrogens (tertiary/aromatic N) is 2. The summed E-state index contributed by atoms with van der Waals surface area (Å²) in [6.45, 7) is 14.5. The number of hydrogen-bond donors (Lipinski definition) is 0. The van der Waals surface area contributed by atoms with E-state index in [0.29, 0.717) is 0 Å². The van der Waals surface area contributed by atoms with Crippen LogP contribution in [-0.2, 0) is 0 Å². The smallest absolute Gasteiger partial charge is 0.00218 e. The Morgan fingerprint density at radius 2 is 0.221 bits per heavy atom. The number of rotatable bonds is 60. The van der Waals surface area contributed by atoms with Gasteiger partial charge in [-0.25, -0.2) is 0 Å². The van der Waals surface area contributed by atoms with Gasteiger partial charge in [-0.15, -0.1) is 0 Å². The highest BCUT2D eigenvalue weighted by atomic mass is 15.1. The lowest BCUT2D eigenvalue weighted by atomic mass is 10.0. The van der Waals surface area contributed by atoms with Gasteiger partial charge in [-0.3, -0.25) is 0 Å². The van der Waals surface area contributed by atoms with Crippen molar-refractivity contribution in [1.82, 2.24) is 9.80 Å². The average Bonchev–Trinajstić information content (AvgIpc) is 3.34. The second-order valence-corrected chi connectivity index (χ2v) is 23.0. The van der Waals surface area contributed by atoms with Gasteiger partial charge in [0.2, 0.25) is 0 Å². The maximum atomic E-state index is 2.59. The third-order valence-electron chi connectivity index (χ3n) is 15.6. The molecule has 0 aromatic carbocycles. The average molecular weight is 960 g/mol. The largest absolute Gasteiger partial charge is 0.306 e. The van der Waals surface area contributed by atoms with Crippen molar-refractivity contribution in [3.63, 3.8) is 0 Å². The van der Waals surface area contributed by atoms with Gasteiger partial charge < -0.3 is 9.80 Å². The Bertz CT molecular complexity index is 747. The van der Waals surface area contributed by atoms with Crippen LogP contribution in [0, 0.1) is 0 Å². The molecule has 2 nitrogen and oxygen atoms in total.